The highest BCUT2D eigenvalue weighted by atomic mass is 32.3. The summed E-state index contributed by atoms with van der Waals surface area (Å²) in [4.78, 5) is 16.0. The van der Waals surface area contributed by atoms with E-state index in [1.54, 1.807) is 20.2 Å². The second kappa shape index (κ2) is 6.93. The number of benzene rings is 1. The van der Waals surface area contributed by atoms with Gasteiger partial charge in [-0.05, 0) is 47.4 Å². The molecule has 1 aliphatic rings. The molecule has 1 fully saturated rings. The molecule has 1 atom stereocenters. The van der Waals surface area contributed by atoms with Crippen LogP contribution in [0.1, 0.15) is 23.0 Å². The van der Waals surface area contributed by atoms with Crippen LogP contribution in [0.25, 0.3) is 0 Å². The average Bonchev–Trinajstić information content (AvgIpc) is 2.61. The first-order valence-corrected chi connectivity index (χ1v) is 10.7. The van der Waals surface area contributed by atoms with Gasteiger partial charge in [0, 0.05) is 30.3 Å². The zero-order valence-corrected chi connectivity index (χ0v) is 16.5. The number of aromatic nitrogens is 1. The molecule has 1 saturated heterocycles. The van der Waals surface area contributed by atoms with Crippen LogP contribution in [0.5, 0.6) is 0 Å². The number of hydrogen-bond acceptors (Lipinski definition) is 4. The Hall–Kier alpha value is -2.88. The van der Waals surface area contributed by atoms with Crippen LogP contribution in [-0.2, 0) is 15.7 Å². The van der Waals surface area contributed by atoms with Gasteiger partial charge in [0.1, 0.15) is 17.3 Å². The zero-order chi connectivity index (χ0) is 20.7. The van der Waals surface area contributed by atoms with Crippen LogP contribution in [0.4, 0.5) is 14.5 Å². The fraction of sp³-hybridized carbons (Fsp3) is 0.278. The third-order valence-corrected chi connectivity index (χ3v) is 7.43. The lowest BCUT2D eigenvalue weighted by Gasteiger charge is -2.47. The van der Waals surface area contributed by atoms with Gasteiger partial charge in [0.05, 0.1) is 11.7 Å². The predicted molar refractivity (Wildman–Crippen MR) is 105 cm³/mol. The number of carbonyl (C=O) groups excluding carboxylic acids is 1. The molecule has 2 heterocycles. The number of halogens is 2. The first kappa shape index (κ1) is 19.9. The molecule has 1 amide bonds. The minimum Gasteiger partial charge on any atom is -0.345 e. The van der Waals surface area contributed by atoms with Crippen molar-refractivity contribution in [2.24, 2.45) is 0 Å². The monoisotopic (exact) mass is 409 g/mol. The Balaban J connectivity index is 1.91. The maximum Gasteiger partial charge on any atom is 0.274 e. The summed E-state index contributed by atoms with van der Waals surface area (Å²) in [6, 6.07) is 6.37. The van der Waals surface area contributed by atoms with E-state index in [-0.39, 0.29) is 23.0 Å². The Labute approximate surface area is 162 Å². The van der Waals surface area contributed by atoms with Crippen LogP contribution >= 0.6 is 0 Å². The quantitative estimate of drug-likeness (QED) is 0.582. The van der Waals surface area contributed by atoms with Crippen molar-refractivity contribution in [3.63, 3.8) is 0 Å². The summed E-state index contributed by atoms with van der Waals surface area (Å²) in [5.41, 5.74) is -0.604. The molecular weight excluding hydrogens is 388 g/mol. The number of nitrogens with zero attached hydrogens (tertiary/aromatic N) is 2. The molecule has 0 unspecified atom stereocenters. The molecule has 150 valence electrons. The van der Waals surface area contributed by atoms with Gasteiger partial charge in [-0.2, -0.15) is 0 Å². The lowest BCUT2D eigenvalue weighted by Crippen LogP contribution is -2.63. The Kier molecular flexibility index (Phi) is 4.92. The van der Waals surface area contributed by atoms with Gasteiger partial charge in [-0.3, -0.25) is 18.7 Å². The van der Waals surface area contributed by atoms with Gasteiger partial charge in [0.25, 0.3) is 5.91 Å². The van der Waals surface area contributed by atoms with Crippen molar-refractivity contribution in [2.75, 3.05) is 24.4 Å². The van der Waals surface area contributed by atoms with E-state index in [9.17, 15) is 17.8 Å². The molecule has 1 aliphatic heterocycles. The summed E-state index contributed by atoms with van der Waals surface area (Å²) in [5.74, 6) is -1.65. The summed E-state index contributed by atoms with van der Waals surface area (Å²) in [6.45, 7) is 1.66. The van der Waals surface area contributed by atoms with E-state index in [1.807, 2.05) is 0 Å². The molecule has 3 rings (SSSR count). The highest BCUT2D eigenvalue weighted by Gasteiger charge is 2.41. The third-order valence-electron chi connectivity index (χ3n) is 4.74. The molecule has 10 heteroatoms. The van der Waals surface area contributed by atoms with E-state index in [4.69, 9.17) is 5.41 Å². The predicted octanol–water partition coefficient (Wildman–Crippen LogP) is 1.86. The summed E-state index contributed by atoms with van der Waals surface area (Å²) >= 11 is 0. The number of carbonyl (C=O) groups is 1. The molecule has 1 aromatic carbocycles. The Morgan fingerprint density at radius 1 is 1.36 bits per heavy atom. The number of rotatable bonds is 3. The van der Waals surface area contributed by atoms with E-state index in [2.05, 4.69) is 15.6 Å². The standard InChI is InChI=1S/C18H21F2N5O2S/c1-18(10-28(3,27)25(2)17(21)24-18)13-8-12(5-6-14(13)20)23-16(26)15-7-4-11(19)9-22-15/h4-9,28H,10H2,1-3H3,(H2,21,24)(H,23,26)/t18-/m0/s1. The van der Waals surface area contributed by atoms with Gasteiger partial charge < -0.3 is 10.6 Å². The minimum absolute atomic E-state index is 0.00994. The summed E-state index contributed by atoms with van der Waals surface area (Å²) < 4.78 is 41.8. The summed E-state index contributed by atoms with van der Waals surface area (Å²) in [7, 11) is -1.34. The Morgan fingerprint density at radius 3 is 2.68 bits per heavy atom. The SMILES string of the molecule is CN1C(=N)N[C@](C)(c2cc(NC(=O)c3ccc(F)cn3)ccc2F)C[SH]1(C)=O. The largest absolute Gasteiger partial charge is 0.345 e. The Bertz CT molecular complexity index is 998. The van der Waals surface area contributed by atoms with Gasteiger partial charge in [0.2, 0.25) is 5.96 Å². The van der Waals surface area contributed by atoms with Crippen LogP contribution in [0, 0.1) is 17.0 Å². The van der Waals surface area contributed by atoms with Crippen LogP contribution < -0.4 is 10.6 Å². The molecule has 7 nitrogen and oxygen atoms in total. The van der Waals surface area contributed by atoms with Gasteiger partial charge in [0.15, 0.2) is 0 Å². The Morgan fingerprint density at radius 2 is 2.07 bits per heavy atom. The van der Waals surface area contributed by atoms with Crippen molar-refractivity contribution in [1.29, 1.82) is 5.41 Å². The molecular formula is C18H21F2N5O2S. The van der Waals surface area contributed by atoms with E-state index in [0.29, 0.717) is 5.69 Å². The highest BCUT2D eigenvalue weighted by Crippen LogP contribution is 2.33. The first-order valence-electron chi connectivity index (χ1n) is 8.42. The number of hydrogen-bond donors (Lipinski definition) is 4. The van der Waals surface area contributed by atoms with E-state index in [1.165, 1.54) is 28.6 Å². The minimum atomic E-state index is -2.89. The van der Waals surface area contributed by atoms with Crippen LogP contribution in [0.2, 0.25) is 0 Å². The van der Waals surface area contributed by atoms with Gasteiger partial charge >= 0.3 is 0 Å². The van der Waals surface area contributed by atoms with Crippen LogP contribution in [0.3, 0.4) is 0 Å². The molecule has 0 bridgehead atoms. The summed E-state index contributed by atoms with van der Waals surface area (Å²) in [6.07, 6.45) is 2.48. The number of thiol groups is 1. The topological polar surface area (TPSA) is 98.2 Å². The van der Waals surface area contributed by atoms with Gasteiger partial charge in [-0.15, -0.1) is 0 Å². The number of anilines is 1. The van der Waals surface area contributed by atoms with E-state index in [0.717, 1.165) is 12.3 Å². The van der Waals surface area contributed by atoms with Gasteiger partial charge in [-0.1, -0.05) is 0 Å². The molecule has 1 aromatic heterocycles. The number of pyridine rings is 1. The summed E-state index contributed by atoms with van der Waals surface area (Å²) in [5, 5.41) is 13.5. The normalized spacial score (nSPS) is 22.3. The van der Waals surface area contributed by atoms with Crippen molar-refractivity contribution >= 4 is 27.7 Å². The fourth-order valence-corrected chi connectivity index (χ4v) is 5.28. The van der Waals surface area contributed by atoms with Crippen LogP contribution in [-0.4, -0.2) is 44.4 Å². The molecule has 28 heavy (non-hydrogen) atoms. The average molecular weight is 409 g/mol. The fourth-order valence-electron chi connectivity index (χ4n) is 3.17. The molecule has 2 aromatic rings. The lowest BCUT2D eigenvalue weighted by molar-refractivity contribution is 0.102. The van der Waals surface area contributed by atoms with E-state index < -0.39 is 33.2 Å². The second-order valence-electron chi connectivity index (χ2n) is 7.05. The lowest BCUT2D eigenvalue weighted by atomic mass is 9.93. The maximum absolute atomic E-state index is 14.6. The molecule has 3 N–H and O–H groups in total. The maximum atomic E-state index is 14.6. The molecule has 0 aliphatic carbocycles. The number of nitrogens with one attached hydrogen (secondary N) is 3. The first-order chi connectivity index (χ1) is 13.0. The molecule has 0 radical (unpaired) electrons. The van der Waals surface area contributed by atoms with Crippen molar-refractivity contribution in [2.45, 2.75) is 12.5 Å². The van der Waals surface area contributed by atoms with E-state index >= 15 is 0 Å². The third kappa shape index (κ3) is 3.72. The van der Waals surface area contributed by atoms with Crippen molar-refractivity contribution in [1.82, 2.24) is 14.6 Å². The van der Waals surface area contributed by atoms with Crippen molar-refractivity contribution in [3.8, 4) is 0 Å². The zero-order valence-electron chi connectivity index (χ0n) is 15.6. The molecule has 0 saturated carbocycles. The van der Waals surface area contributed by atoms with Crippen molar-refractivity contribution < 1.29 is 17.8 Å². The van der Waals surface area contributed by atoms with Crippen LogP contribution in [0.15, 0.2) is 36.5 Å². The highest BCUT2D eigenvalue weighted by molar-refractivity contribution is 8.00. The number of amides is 1. The van der Waals surface area contributed by atoms with Gasteiger partial charge in [-0.25, -0.2) is 13.8 Å². The smallest absolute Gasteiger partial charge is 0.274 e. The second-order valence-corrected chi connectivity index (χ2v) is 10.1. The molecule has 0 spiro atoms. The van der Waals surface area contributed by atoms with Crippen molar-refractivity contribution in [3.05, 3.63) is 59.4 Å². The number of guanidine groups is 1.